The van der Waals surface area contributed by atoms with Crippen molar-refractivity contribution < 1.29 is 23.9 Å². The molecule has 3 rings (SSSR count). The maximum absolute atomic E-state index is 12.4. The third-order valence-electron chi connectivity index (χ3n) is 3.86. The quantitative estimate of drug-likeness (QED) is 0.576. The number of fused-ring (bicyclic) bond motifs is 3. The average Bonchev–Trinajstić information content (AvgIpc) is 2.72. The lowest BCUT2D eigenvalue weighted by atomic mass is 9.76. The molecule has 5 nitrogen and oxygen atoms in total. The van der Waals surface area contributed by atoms with Gasteiger partial charge in [0.15, 0.2) is 11.4 Å². The van der Waals surface area contributed by atoms with E-state index >= 15 is 0 Å². The number of rotatable bonds is 2. The molecular weight excluding hydrogens is 284 g/mol. The molecule has 0 unspecified atom stereocenters. The number of hydrogen-bond donors (Lipinski definition) is 0. The number of ketones is 2. The summed E-state index contributed by atoms with van der Waals surface area (Å²) in [4.78, 5) is 36.2. The van der Waals surface area contributed by atoms with Gasteiger partial charge in [0.1, 0.15) is 11.3 Å². The van der Waals surface area contributed by atoms with Gasteiger partial charge in [0.2, 0.25) is 5.78 Å². The first kappa shape index (κ1) is 14.3. The highest BCUT2D eigenvalue weighted by atomic mass is 16.6. The summed E-state index contributed by atoms with van der Waals surface area (Å²) >= 11 is 0. The summed E-state index contributed by atoms with van der Waals surface area (Å²) in [5.41, 5.74) is -0.106. The van der Waals surface area contributed by atoms with Crippen LogP contribution in [0, 0.1) is 0 Å². The van der Waals surface area contributed by atoms with Crippen molar-refractivity contribution in [1.82, 2.24) is 0 Å². The number of allylic oxidation sites excluding steroid dienone is 4. The second-order valence-electron chi connectivity index (χ2n) is 5.39. The Kier molecular flexibility index (Phi) is 3.02. The number of hydrogen-bond acceptors (Lipinski definition) is 5. The lowest BCUT2D eigenvalue weighted by molar-refractivity contribution is -0.152. The zero-order valence-corrected chi connectivity index (χ0v) is 12.4. The van der Waals surface area contributed by atoms with Gasteiger partial charge in [-0.1, -0.05) is 6.08 Å². The fourth-order valence-electron chi connectivity index (χ4n) is 2.83. The van der Waals surface area contributed by atoms with Crippen molar-refractivity contribution in [3.63, 3.8) is 0 Å². The molecule has 0 amide bonds. The van der Waals surface area contributed by atoms with Crippen molar-refractivity contribution >= 4 is 17.5 Å². The molecule has 0 radical (unpaired) electrons. The third kappa shape index (κ3) is 1.82. The van der Waals surface area contributed by atoms with E-state index in [-0.39, 0.29) is 11.4 Å². The monoisotopic (exact) mass is 298 g/mol. The SMILES string of the molecule is C/C=C/C1=CC2=CC(=O)[C@@]3(C)OC(=O)C(C(C)=O)=C3C2=CO1. The Hall–Kier alpha value is -2.69. The molecule has 0 saturated heterocycles. The van der Waals surface area contributed by atoms with E-state index in [4.69, 9.17) is 9.47 Å². The zero-order valence-electron chi connectivity index (χ0n) is 12.4. The summed E-state index contributed by atoms with van der Waals surface area (Å²) in [6.45, 7) is 4.63. The van der Waals surface area contributed by atoms with Crippen LogP contribution in [0.4, 0.5) is 0 Å². The Labute approximate surface area is 127 Å². The lowest BCUT2D eigenvalue weighted by Gasteiger charge is -2.31. The standard InChI is InChI=1S/C17H14O5/c1-4-5-11-6-10-7-13(19)17(3)15(12(10)8-21-11)14(9(2)18)16(20)22-17/h4-8H,1-3H3/b5-4+/t17-/m1/s1. The van der Waals surface area contributed by atoms with Gasteiger partial charge in [0, 0.05) is 11.1 Å². The summed E-state index contributed by atoms with van der Waals surface area (Å²) in [5.74, 6) is -0.986. The van der Waals surface area contributed by atoms with E-state index in [0.717, 1.165) is 0 Å². The summed E-state index contributed by atoms with van der Waals surface area (Å²) in [6.07, 6.45) is 8.12. The first-order valence-corrected chi connectivity index (χ1v) is 6.85. The van der Waals surface area contributed by atoms with Gasteiger partial charge in [0.05, 0.1) is 6.26 Å². The molecular formula is C17H14O5. The van der Waals surface area contributed by atoms with Gasteiger partial charge in [-0.3, -0.25) is 9.59 Å². The molecule has 0 fully saturated rings. The fourth-order valence-corrected chi connectivity index (χ4v) is 2.83. The minimum Gasteiger partial charge on any atom is -0.464 e. The molecule has 5 heteroatoms. The van der Waals surface area contributed by atoms with Crippen molar-refractivity contribution in [1.29, 1.82) is 0 Å². The van der Waals surface area contributed by atoms with E-state index in [9.17, 15) is 14.4 Å². The largest absolute Gasteiger partial charge is 0.464 e. The zero-order chi connectivity index (χ0) is 16.1. The Morgan fingerprint density at radius 2 is 2.00 bits per heavy atom. The Morgan fingerprint density at radius 1 is 1.27 bits per heavy atom. The molecule has 0 spiro atoms. The molecule has 0 bridgehead atoms. The number of esters is 1. The Bertz CT molecular complexity index is 773. The summed E-state index contributed by atoms with van der Waals surface area (Å²) in [6, 6.07) is 0. The predicted molar refractivity (Wildman–Crippen MR) is 77.4 cm³/mol. The maximum atomic E-state index is 12.4. The van der Waals surface area contributed by atoms with Crippen LogP contribution in [-0.4, -0.2) is 23.1 Å². The van der Waals surface area contributed by atoms with Crippen LogP contribution < -0.4 is 0 Å². The smallest absolute Gasteiger partial charge is 0.343 e. The number of ether oxygens (including phenoxy) is 2. The second-order valence-corrected chi connectivity index (χ2v) is 5.39. The Morgan fingerprint density at radius 3 is 2.64 bits per heavy atom. The van der Waals surface area contributed by atoms with E-state index in [1.807, 2.05) is 13.0 Å². The van der Waals surface area contributed by atoms with Crippen LogP contribution in [0.2, 0.25) is 0 Å². The van der Waals surface area contributed by atoms with Crippen LogP contribution in [0.5, 0.6) is 0 Å². The molecule has 0 saturated carbocycles. The lowest BCUT2D eigenvalue weighted by Crippen LogP contribution is -2.40. The van der Waals surface area contributed by atoms with Crippen LogP contribution >= 0.6 is 0 Å². The van der Waals surface area contributed by atoms with Crippen molar-refractivity contribution in [2.45, 2.75) is 26.4 Å². The summed E-state index contributed by atoms with van der Waals surface area (Å²) in [7, 11) is 0. The molecule has 112 valence electrons. The highest BCUT2D eigenvalue weighted by Gasteiger charge is 2.54. The minimum absolute atomic E-state index is 0.0841. The minimum atomic E-state index is -1.46. The molecule has 0 aromatic heterocycles. The van der Waals surface area contributed by atoms with Gasteiger partial charge in [-0.25, -0.2) is 4.79 Å². The number of carbonyl (C=O) groups excluding carboxylic acids is 3. The van der Waals surface area contributed by atoms with Gasteiger partial charge in [-0.2, -0.15) is 0 Å². The fraction of sp³-hybridized carbons (Fsp3) is 0.235. The molecule has 0 N–H and O–H groups in total. The molecule has 1 aliphatic carbocycles. The predicted octanol–water partition coefficient (Wildman–Crippen LogP) is 2.07. The van der Waals surface area contributed by atoms with Crippen LogP contribution in [0.1, 0.15) is 20.8 Å². The van der Waals surface area contributed by atoms with E-state index in [1.54, 1.807) is 12.2 Å². The first-order chi connectivity index (χ1) is 10.4. The van der Waals surface area contributed by atoms with Crippen molar-refractivity contribution in [3.8, 4) is 0 Å². The number of carbonyl (C=O) groups is 3. The first-order valence-electron chi connectivity index (χ1n) is 6.85. The highest BCUT2D eigenvalue weighted by Crippen LogP contribution is 2.46. The topological polar surface area (TPSA) is 69.7 Å². The van der Waals surface area contributed by atoms with Gasteiger partial charge in [-0.15, -0.1) is 0 Å². The van der Waals surface area contributed by atoms with Crippen LogP contribution in [0.15, 0.2) is 58.6 Å². The van der Waals surface area contributed by atoms with Gasteiger partial charge in [-0.05, 0) is 44.6 Å². The normalized spacial score (nSPS) is 26.8. The Balaban J connectivity index is 2.24. The molecule has 0 aromatic rings. The highest BCUT2D eigenvalue weighted by molar-refractivity contribution is 6.23. The van der Waals surface area contributed by atoms with E-state index < -0.39 is 17.4 Å². The van der Waals surface area contributed by atoms with Crippen molar-refractivity contribution in [3.05, 3.63) is 58.6 Å². The third-order valence-corrected chi connectivity index (χ3v) is 3.86. The van der Waals surface area contributed by atoms with Gasteiger partial charge >= 0.3 is 5.97 Å². The molecule has 2 aliphatic heterocycles. The average molecular weight is 298 g/mol. The summed E-state index contributed by atoms with van der Waals surface area (Å²) in [5, 5.41) is 0. The maximum Gasteiger partial charge on any atom is 0.343 e. The molecule has 3 aliphatic rings. The van der Waals surface area contributed by atoms with E-state index in [2.05, 4.69) is 0 Å². The molecule has 2 heterocycles. The van der Waals surface area contributed by atoms with Crippen LogP contribution in [0.3, 0.4) is 0 Å². The molecule has 1 atom stereocenters. The van der Waals surface area contributed by atoms with Gasteiger partial charge in [0.25, 0.3) is 0 Å². The van der Waals surface area contributed by atoms with E-state index in [0.29, 0.717) is 22.5 Å². The van der Waals surface area contributed by atoms with Crippen LogP contribution in [-0.2, 0) is 23.9 Å². The van der Waals surface area contributed by atoms with Crippen LogP contribution in [0.25, 0.3) is 0 Å². The van der Waals surface area contributed by atoms with Crippen molar-refractivity contribution in [2.75, 3.05) is 0 Å². The number of Topliss-reactive ketones (excluding diaryl/α,β-unsaturated/α-hetero) is 1. The summed E-state index contributed by atoms with van der Waals surface area (Å²) < 4.78 is 10.7. The van der Waals surface area contributed by atoms with Crippen molar-refractivity contribution in [2.24, 2.45) is 0 Å². The van der Waals surface area contributed by atoms with Gasteiger partial charge < -0.3 is 9.47 Å². The molecule has 0 aromatic carbocycles. The van der Waals surface area contributed by atoms with E-state index in [1.165, 1.54) is 26.2 Å². The molecule has 22 heavy (non-hydrogen) atoms. The second kappa shape index (κ2) is 4.66.